The van der Waals surface area contributed by atoms with Crippen molar-refractivity contribution in [3.8, 4) is 22.3 Å². The van der Waals surface area contributed by atoms with E-state index in [0.717, 1.165) is 43.8 Å². The van der Waals surface area contributed by atoms with E-state index in [4.69, 9.17) is 8.83 Å². The molecule has 0 aliphatic carbocycles. The van der Waals surface area contributed by atoms with Gasteiger partial charge in [-0.05, 0) is 63.4 Å². The van der Waals surface area contributed by atoms with Crippen molar-refractivity contribution < 1.29 is 8.83 Å². The molecule has 0 atom stereocenters. The third-order valence-corrected chi connectivity index (χ3v) is 6.40. The van der Waals surface area contributed by atoms with Crippen molar-refractivity contribution in [3.63, 3.8) is 0 Å². The minimum Gasteiger partial charge on any atom is -0.464 e. The van der Waals surface area contributed by atoms with E-state index in [2.05, 4.69) is 84.9 Å². The smallest absolute Gasteiger partial charge is 0.135 e. The van der Waals surface area contributed by atoms with Gasteiger partial charge in [0.1, 0.15) is 11.2 Å². The Labute approximate surface area is 184 Å². The normalized spacial score (nSPS) is 11.8. The van der Waals surface area contributed by atoms with Crippen LogP contribution in [0.4, 0.5) is 0 Å². The molecule has 0 unspecified atom stereocenters. The van der Waals surface area contributed by atoms with Gasteiger partial charge >= 0.3 is 0 Å². The van der Waals surface area contributed by atoms with Crippen LogP contribution in [-0.2, 0) is 0 Å². The molecule has 5 aromatic carbocycles. The summed E-state index contributed by atoms with van der Waals surface area (Å²) < 4.78 is 12.2. The first-order chi connectivity index (χ1) is 15.9. The van der Waals surface area contributed by atoms with Gasteiger partial charge in [-0.25, -0.2) is 0 Å². The highest BCUT2D eigenvalue weighted by Gasteiger charge is 2.18. The number of hydrogen-bond donors (Lipinski definition) is 0. The molecule has 150 valence electrons. The van der Waals surface area contributed by atoms with E-state index >= 15 is 0 Å². The van der Waals surface area contributed by atoms with Gasteiger partial charge in [0.2, 0.25) is 0 Å². The predicted octanol–water partition coefficient (Wildman–Crippen LogP) is 8.82. The summed E-state index contributed by atoms with van der Waals surface area (Å²) in [6.07, 6.45) is 3.69. The van der Waals surface area contributed by atoms with Crippen molar-refractivity contribution in [2.24, 2.45) is 0 Å². The van der Waals surface area contributed by atoms with Crippen LogP contribution in [0.2, 0.25) is 0 Å². The summed E-state index contributed by atoms with van der Waals surface area (Å²) in [5, 5.41) is 6.96. The Bertz CT molecular complexity index is 1750. The molecule has 0 aliphatic heterocycles. The maximum Gasteiger partial charge on any atom is 0.135 e. The quantitative estimate of drug-likeness (QED) is 0.284. The van der Waals surface area contributed by atoms with E-state index in [9.17, 15) is 0 Å². The van der Waals surface area contributed by atoms with Crippen LogP contribution in [0.1, 0.15) is 0 Å². The fourth-order valence-electron chi connectivity index (χ4n) is 4.91. The van der Waals surface area contributed by atoms with Crippen molar-refractivity contribution in [3.05, 3.63) is 110 Å². The lowest BCUT2D eigenvalue weighted by molar-refractivity contribution is 0.606. The second-order valence-electron chi connectivity index (χ2n) is 8.20. The zero-order valence-corrected chi connectivity index (χ0v) is 17.2. The molecular formula is C30H18O2. The number of fused-ring (bicyclic) bond motifs is 5. The molecule has 0 aliphatic rings. The van der Waals surface area contributed by atoms with Gasteiger partial charge in [-0.1, -0.05) is 66.7 Å². The molecule has 32 heavy (non-hydrogen) atoms. The highest BCUT2D eigenvalue weighted by Crippen LogP contribution is 2.43. The van der Waals surface area contributed by atoms with E-state index in [-0.39, 0.29) is 0 Å². The molecule has 2 aromatic heterocycles. The van der Waals surface area contributed by atoms with Gasteiger partial charge in [0, 0.05) is 21.5 Å². The van der Waals surface area contributed by atoms with Crippen LogP contribution in [0.15, 0.2) is 118 Å². The van der Waals surface area contributed by atoms with Gasteiger partial charge in [-0.15, -0.1) is 0 Å². The lowest BCUT2D eigenvalue weighted by Gasteiger charge is -2.05. The number of benzene rings is 4. The molecule has 0 radical (unpaired) electrons. The van der Waals surface area contributed by atoms with Gasteiger partial charge < -0.3 is 8.83 Å². The Hall–Kier alpha value is -4.30. The topological polar surface area (TPSA) is 26.3 Å². The highest BCUT2D eigenvalue weighted by molar-refractivity contribution is 6.34. The molecule has 0 fully saturated rings. The Balaban J connectivity index is 1.56. The van der Waals surface area contributed by atoms with Gasteiger partial charge in [-0.3, -0.25) is 0 Å². The van der Waals surface area contributed by atoms with E-state index < -0.39 is 0 Å². The van der Waals surface area contributed by atoms with Crippen molar-refractivity contribution in [1.29, 1.82) is 0 Å². The lowest BCUT2D eigenvalue weighted by atomic mass is 10.0. The first-order valence-corrected chi connectivity index (χ1v) is 10.8. The maximum absolute atomic E-state index is 6.19. The van der Waals surface area contributed by atoms with Gasteiger partial charge in [0.15, 0.2) is 0 Å². The average molecular weight is 410 g/mol. The van der Waals surface area contributed by atoms with E-state index in [1.807, 2.05) is 18.4 Å². The Kier molecular flexibility index (Phi) is 3.58. The molecule has 0 N–H and O–H groups in total. The molecular weight excluding hydrogens is 392 g/mol. The summed E-state index contributed by atoms with van der Waals surface area (Å²) in [5.41, 5.74) is 6.42. The summed E-state index contributed by atoms with van der Waals surface area (Å²) in [6.45, 7) is 0. The lowest BCUT2D eigenvalue weighted by Crippen LogP contribution is -1.80. The molecule has 0 saturated heterocycles. The second-order valence-corrected chi connectivity index (χ2v) is 8.20. The van der Waals surface area contributed by atoms with Gasteiger partial charge in [-0.2, -0.15) is 0 Å². The molecule has 7 aromatic rings. The standard InChI is InChI=1S/C30H18O2/c1-3-7-19(8-4-1)21-11-12-23-27(16-21)32-18-26-25-15-22(20-9-5-2-6-10-20)17-28-30(25)24(29(23)26)13-14-31-28/h1-18H. The minimum absolute atomic E-state index is 0.884. The van der Waals surface area contributed by atoms with Crippen LogP contribution >= 0.6 is 0 Å². The Morgan fingerprint density at radius 1 is 0.406 bits per heavy atom. The number of rotatable bonds is 2. The summed E-state index contributed by atoms with van der Waals surface area (Å²) >= 11 is 0. The van der Waals surface area contributed by atoms with Crippen LogP contribution < -0.4 is 0 Å². The largest absolute Gasteiger partial charge is 0.464 e. The fraction of sp³-hybridized carbons (Fsp3) is 0. The van der Waals surface area contributed by atoms with Gasteiger partial charge in [0.25, 0.3) is 0 Å². The molecule has 2 nitrogen and oxygen atoms in total. The molecule has 0 amide bonds. The molecule has 0 bridgehead atoms. The summed E-state index contributed by atoms with van der Waals surface area (Å²) in [7, 11) is 0. The van der Waals surface area contributed by atoms with Crippen molar-refractivity contribution in [2.75, 3.05) is 0 Å². The van der Waals surface area contributed by atoms with Crippen molar-refractivity contribution >= 4 is 43.5 Å². The molecule has 0 spiro atoms. The average Bonchev–Trinajstić information content (AvgIpc) is 3.20. The summed E-state index contributed by atoms with van der Waals surface area (Å²) in [6, 6.07) is 33.8. The number of hydrogen-bond acceptors (Lipinski definition) is 2. The predicted molar refractivity (Wildman–Crippen MR) is 132 cm³/mol. The maximum atomic E-state index is 6.19. The van der Waals surface area contributed by atoms with E-state index in [1.165, 1.54) is 21.9 Å². The van der Waals surface area contributed by atoms with Crippen molar-refractivity contribution in [2.45, 2.75) is 0 Å². The van der Waals surface area contributed by atoms with E-state index in [0.29, 0.717) is 0 Å². The van der Waals surface area contributed by atoms with Crippen LogP contribution in [-0.4, -0.2) is 0 Å². The second kappa shape index (κ2) is 6.60. The molecule has 7 rings (SSSR count). The minimum atomic E-state index is 0.884. The summed E-state index contributed by atoms with van der Waals surface area (Å²) in [5.74, 6) is 0. The monoisotopic (exact) mass is 410 g/mol. The van der Waals surface area contributed by atoms with Crippen LogP contribution in [0.25, 0.3) is 65.7 Å². The fourth-order valence-corrected chi connectivity index (χ4v) is 4.91. The first-order valence-electron chi connectivity index (χ1n) is 10.8. The molecule has 2 heteroatoms. The van der Waals surface area contributed by atoms with Crippen LogP contribution in [0.5, 0.6) is 0 Å². The molecule has 0 saturated carbocycles. The van der Waals surface area contributed by atoms with Gasteiger partial charge in [0.05, 0.1) is 12.5 Å². The van der Waals surface area contributed by atoms with Crippen LogP contribution in [0, 0.1) is 0 Å². The van der Waals surface area contributed by atoms with E-state index in [1.54, 1.807) is 6.26 Å². The van der Waals surface area contributed by atoms with Crippen molar-refractivity contribution in [1.82, 2.24) is 0 Å². The first kappa shape index (κ1) is 17.4. The summed E-state index contributed by atoms with van der Waals surface area (Å²) in [4.78, 5) is 0. The third kappa shape index (κ3) is 2.47. The Morgan fingerprint density at radius 3 is 1.91 bits per heavy atom. The zero-order chi connectivity index (χ0) is 21.1. The SMILES string of the molecule is c1ccc(-c2ccc3c(c2)occ2c4cc(-c5ccccc5)cc5occc(c54)c32)cc1. The third-order valence-electron chi connectivity index (χ3n) is 6.40. The Morgan fingerprint density at radius 2 is 1.12 bits per heavy atom. The molecule has 2 heterocycles. The highest BCUT2D eigenvalue weighted by atomic mass is 16.3. The zero-order valence-electron chi connectivity index (χ0n) is 17.2. The van der Waals surface area contributed by atoms with Crippen LogP contribution in [0.3, 0.4) is 0 Å².